The second-order valence-corrected chi connectivity index (χ2v) is 5.89. The van der Waals surface area contributed by atoms with E-state index in [0.29, 0.717) is 5.92 Å². The van der Waals surface area contributed by atoms with Gasteiger partial charge in [0.15, 0.2) is 0 Å². The molecule has 0 amide bonds. The largest absolute Gasteiger partial charge is 0.259 e. The van der Waals surface area contributed by atoms with E-state index in [1.165, 1.54) is 11.1 Å². The quantitative estimate of drug-likeness (QED) is 0.310. The van der Waals surface area contributed by atoms with Crippen molar-refractivity contribution < 1.29 is 4.92 Å². The highest BCUT2D eigenvalue weighted by Gasteiger charge is 2.04. The monoisotopic (exact) mass is 279 g/mol. The molecule has 0 aromatic carbocycles. The first kappa shape index (κ1) is 18.6. The zero-order chi connectivity index (χ0) is 15.5. The molecule has 0 saturated heterocycles. The Hall–Kier alpha value is -1.38. The molecule has 0 aliphatic carbocycles. The van der Waals surface area contributed by atoms with Gasteiger partial charge in [0, 0.05) is 6.92 Å². The zero-order valence-electron chi connectivity index (χ0n) is 13.6. The molecule has 0 radical (unpaired) electrons. The Morgan fingerprint density at radius 3 is 2.30 bits per heavy atom. The van der Waals surface area contributed by atoms with Crippen molar-refractivity contribution in [1.82, 2.24) is 0 Å². The van der Waals surface area contributed by atoms with E-state index in [9.17, 15) is 10.1 Å². The lowest BCUT2D eigenvalue weighted by atomic mass is 9.99. The molecule has 0 saturated carbocycles. The summed E-state index contributed by atoms with van der Waals surface area (Å²) >= 11 is 0. The molecule has 3 heteroatoms. The third kappa shape index (κ3) is 10.5. The van der Waals surface area contributed by atoms with Crippen molar-refractivity contribution in [3.05, 3.63) is 45.2 Å². The number of nitro groups is 1. The lowest BCUT2D eigenvalue weighted by Crippen LogP contribution is -1.97. The van der Waals surface area contributed by atoms with Crippen LogP contribution in [0.15, 0.2) is 35.1 Å². The van der Waals surface area contributed by atoms with Crippen molar-refractivity contribution in [3.8, 4) is 0 Å². The van der Waals surface area contributed by atoms with E-state index < -0.39 is 0 Å². The summed E-state index contributed by atoms with van der Waals surface area (Å²) in [7, 11) is 0. The summed E-state index contributed by atoms with van der Waals surface area (Å²) in [5.74, 6) is 0.492. The van der Waals surface area contributed by atoms with Gasteiger partial charge in [-0.05, 0) is 64.9 Å². The Bertz CT molecular complexity index is 388. The molecule has 0 aromatic heterocycles. The van der Waals surface area contributed by atoms with Gasteiger partial charge in [0.1, 0.15) is 0 Å². The van der Waals surface area contributed by atoms with E-state index in [2.05, 4.69) is 39.8 Å². The van der Waals surface area contributed by atoms with Crippen LogP contribution in [-0.2, 0) is 0 Å². The molecule has 3 nitrogen and oxygen atoms in total. The first-order valence-corrected chi connectivity index (χ1v) is 7.43. The van der Waals surface area contributed by atoms with Crippen molar-refractivity contribution in [2.24, 2.45) is 5.92 Å². The van der Waals surface area contributed by atoms with Gasteiger partial charge in [-0.3, -0.25) is 10.1 Å². The highest BCUT2D eigenvalue weighted by molar-refractivity contribution is 5.02. The van der Waals surface area contributed by atoms with E-state index in [1.54, 1.807) is 13.0 Å². The molecular formula is C17H29NO2. The van der Waals surface area contributed by atoms with Gasteiger partial charge in [0.05, 0.1) is 4.92 Å². The van der Waals surface area contributed by atoms with Crippen molar-refractivity contribution in [1.29, 1.82) is 0 Å². The minimum Gasteiger partial charge on any atom is -0.259 e. The average Bonchev–Trinajstić information content (AvgIpc) is 2.35. The van der Waals surface area contributed by atoms with Crippen LogP contribution in [0.4, 0.5) is 0 Å². The van der Waals surface area contributed by atoms with E-state index in [4.69, 9.17) is 0 Å². The molecule has 0 rings (SSSR count). The normalized spacial score (nSPS) is 14.1. The number of rotatable bonds is 9. The molecule has 0 heterocycles. The standard InChI is InChI=1S/C17H29NO2/c1-14(2)8-6-9-15(3)10-7-11-16(4)12-13-17(5)18(19)20/h8,10,13,16H,6-7,9,11-12H2,1-5H3. The molecule has 114 valence electrons. The summed E-state index contributed by atoms with van der Waals surface area (Å²) in [6.07, 6.45) is 11.5. The SMILES string of the molecule is CC(C)=CCCC(C)=CCCC(C)CC=C(C)[N+](=O)[O-]. The topological polar surface area (TPSA) is 43.1 Å². The Morgan fingerprint density at radius 2 is 1.75 bits per heavy atom. The highest BCUT2D eigenvalue weighted by Crippen LogP contribution is 2.15. The molecule has 0 aliphatic heterocycles. The van der Waals surface area contributed by atoms with Crippen molar-refractivity contribution in [3.63, 3.8) is 0 Å². The maximum Gasteiger partial charge on any atom is 0.239 e. The summed E-state index contributed by atoms with van der Waals surface area (Å²) in [5.41, 5.74) is 3.07. The molecule has 20 heavy (non-hydrogen) atoms. The van der Waals surface area contributed by atoms with Crippen molar-refractivity contribution >= 4 is 0 Å². The minimum atomic E-state index is -0.319. The minimum absolute atomic E-state index is 0.255. The van der Waals surface area contributed by atoms with Crippen molar-refractivity contribution in [2.75, 3.05) is 0 Å². The summed E-state index contributed by atoms with van der Waals surface area (Å²) in [4.78, 5) is 10.2. The van der Waals surface area contributed by atoms with Crippen LogP contribution in [0, 0.1) is 16.0 Å². The van der Waals surface area contributed by atoms with Crippen molar-refractivity contribution in [2.45, 2.75) is 66.7 Å². The van der Waals surface area contributed by atoms with Crippen LogP contribution in [-0.4, -0.2) is 4.92 Å². The third-order valence-electron chi connectivity index (χ3n) is 3.35. The van der Waals surface area contributed by atoms with E-state index in [0.717, 1.165) is 32.1 Å². The van der Waals surface area contributed by atoms with Gasteiger partial charge >= 0.3 is 0 Å². The Morgan fingerprint density at radius 1 is 1.10 bits per heavy atom. The molecule has 0 fully saturated rings. The van der Waals surface area contributed by atoms with E-state index in [-0.39, 0.29) is 10.6 Å². The predicted molar refractivity (Wildman–Crippen MR) is 86.2 cm³/mol. The molecule has 0 N–H and O–H groups in total. The molecule has 0 spiro atoms. The molecule has 1 atom stereocenters. The smallest absolute Gasteiger partial charge is 0.239 e. The molecule has 0 bridgehead atoms. The first-order valence-electron chi connectivity index (χ1n) is 7.43. The maximum absolute atomic E-state index is 10.5. The van der Waals surface area contributed by atoms with Crippen LogP contribution in [0.25, 0.3) is 0 Å². The van der Waals surface area contributed by atoms with Gasteiger partial charge in [-0.2, -0.15) is 0 Å². The summed E-state index contributed by atoms with van der Waals surface area (Å²) in [5, 5.41) is 10.5. The summed E-state index contributed by atoms with van der Waals surface area (Å²) < 4.78 is 0. The van der Waals surface area contributed by atoms with Crippen LogP contribution in [0.1, 0.15) is 66.7 Å². The number of hydrogen-bond donors (Lipinski definition) is 0. The predicted octanol–water partition coefficient (Wildman–Crippen LogP) is 5.67. The zero-order valence-corrected chi connectivity index (χ0v) is 13.6. The second-order valence-electron chi connectivity index (χ2n) is 5.89. The van der Waals surface area contributed by atoms with Crippen LogP contribution < -0.4 is 0 Å². The van der Waals surface area contributed by atoms with Crippen LogP contribution in [0.2, 0.25) is 0 Å². The molecule has 0 aliphatic rings. The fraction of sp³-hybridized carbons (Fsp3) is 0.647. The van der Waals surface area contributed by atoms with Crippen LogP contribution in [0.3, 0.4) is 0 Å². The number of allylic oxidation sites excluding steroid dienone is 6. The van der Waals surface area contributed by atoms with E-state index >= 15 is 0 Å². The van der Waals surface area contributed by atoms with Gasteiger partial charge in [-0.1, -0.05) is 30.2 Å². The van der Waals surface area contributed by atoms with Crippen LogP contribution in [0.5, 0.6) is 0 Å². The van der Waals surface area contributed by atoms with E-state index in [1.807, 2.05) is 0 Å². The van der Waals surface area contributed by atoms with Gasteiger partial charge in [0.2, 0.25) is 5.70 Å². The fourth-order valence-corrected chi connectivity index (χ4v) is 1.87. The number of nitrogens with zero attached hydrogens (tertiary/aromatic N) is 1. The third-order valence-corrected chi connectivity index (χ3v) is 3.35. The Kier molecular flexibility index (Phi) is 9.69. The Labute approximate surface area is 123 Å². The summed E-state index contributed by atoms with van der Waals surface area (Å²) in [6, 6.07) is 0. The van der Waals surface area contributed by atoms with Crippen LogP contribution >= 0.6 is 0 Å². The lowest BCUT2D eigenvalue weighted by molar-refractivity contribution is -0.424. The fourth-order valence-electron chi connectivity index (χ4n) is 1.87. The van der Waals surface area contributed by atoms with Gasteiger partial charge in [-0.15, -0.1) is 0 Å². The second kappa shape index (κ2) is 10.4. The molecule has 0 aromatic rings. The Balaban J connectivity index is 3.95. The van der Waals surface area contributed by atoms with Gasteiger partial charge < -0.3 is 0 Å². The average molecular weight is 279 g/mol. The molecule has 1 unspecified atom stereocenters. The molecular weight excluding hydrogens is 250 g/mol. The number of hydrogen-bond acceptors (Lipinski definition) is 2. The van der Waals surface area contributed by atoms with Gasteiger partial charge in [0.25, 0.3) is 0 Å². The highest BCUT2D eigenvalue weighted by atomic mass is 16.6. The lowest BCUT2D eigenvalue weighted by Gasteiger charge is -2.07. The maximum atomic E-state index is 10.5. The summed E-state index contributed by atoms with van der Waals surface area (Å²) in [6.45, 7) is 10.1. The first-order chi connectivity index (χ1) is 9.32. The van der Waals surface area contributed by atoms with Gasteiger partial charge in [-0.25, -0.2) is 0 Å².